The number of imide groups is 1. The van der Waals surface area contributed by atoms with Crippen LogP contribution in [0.3, 0.4) is 0 Å². The highest BCUT2D eigenvalue weighted by atomic mass is 16.5. The van der Waals surface area contributed by atoms with E-state index in [0.717, 1.165) is 10.5 Å². The van der Waals surface area contributed by atoms with Crippen molar-refractivity contribution in [3.63, 3.8) is 0 Å². The van der Waals surface area contributed by atoms with Crippen molar-refractivity contribution in [1.82, 2.24) is 10.2 Å². The molecule has 31 heavy (non-hydrogen) atoms. The molecule has 2 unspecified atom stereocenters. The Kier molecular flexibility index (Phi) is 6.19. The van der Waals surface area contributed by atoms with Crippen LogP contribution in [0.5, 0.6) is 11.5 Å². The van der Waals surface area contributed by atoms with Gasteiger partial charge in [0.05, 0.1) is 19.9 Å². The van der Waals surface area contributed by atoms with Gasteiger partial charge in [-0.05, 0) is 55.7 Å². The minimum absolute atomic E-state index is 0.334. The van der Waals surface area contributed by atoms with Crippen molar-refractivity contribution in [3.05, 3.63) is 53.6 Å². The second-order valence-corrected chi connectivity index (χ2v) is 7.41. The molecule has 2 N–H and O–H groups in total. The van der Waals surface area contributed by atoms with E-state index < -0.39 is 29.4 Å². The highest BCUT2D eigenvalue weighted by Crippen LogP contribution is 2.35. The Bertz CT molecular complexity index is 1020. The average Bonchev–Trinajstić information content (AvgIpc) is 3.03. The Labute approximate surface area is 181 Å². The SMILES string of the molecule is CCC1(c2ccc(OC)c(C)c2)NC(=O)N(C(C)C(=O)Nc2ccccc2OC)C1=O. The van der Waals surface area contributed by atoms with Crippen LogP contribution in [0.25, 0.3) is 0 Å². The summed E-state index contributed by atoms with van der Waals surface area (Å²) in [6.45, 7) is 5.21. The zero-order valence-electron chi connectivity index (χ0n) is 18.3. The number of nitrogens with one attached hydrogen (secondary N) is 2. The topological polar surface area (TPSA) is 97.0 Å². The molecule has 2 aromatic rings. The molecule has 0 aliphatic carbocycles. The zero-order valence-corrected chi connectivity index (χ0v) is 18.3. The Morgan fingerprint density at radius 3 is 2.42 bits per heavy atom. The quantitative estimate of drug-likeness (QED) is 0.664. The molecular formula is C23H27N3O5. The maximum Gasteiger partial charge on any atom is 0.326 e. The van der Waals surface area contributed by atoms with Crippen molar-refractivity contribution in [1.29, 1.82) is 0 Å². The van der Waals surface area contributed by atoms with Crippen molar-refractivity contribution in [2.75, 3.05) is 19.5 Å². The van der Waals surface area contributed by atoms with E-state index in [9.17, 15) is 14.4 Å². The van der Waals surface area contributed by atoms with E-state index in [4.69, 9.17) is 9.47 Å². The van der Waals surface area contributed by atoms with Crippen molar-refractivity contribution in [2.45, 2.75) is 38.8 Å². The lowest BCUT2D eigenvalue weighted by molar-refractivity contribution is -0.136. The molecule has 0 bridgehead atoms. The molecule has 1 heterocycles. The van der Waals surface area contributed by atoms with Crippen LogP contribution in [0.2, 0.25) is 0 Å². The summed E-state index contributed by atoms with van der Waals surface area (Å²) in [5.41, 5.74) is 0.704. The van der Waals surface area contributed by atoms with Crippen LogP contribution >= 0.6 is 0 Å². The Hall–Kier alpha value is -3.55. The first-order chi connectivity index (χ1) is 14.8. The number of anilines is 1. The Balaban J connectivity index is 1.89. The molecule has 1 aliphatic rings. The first kappa shape index (κ1) is 22.1. The number of rotatable bonds is 7. The van der Waals surface area contributed by atoms with Gasteiger partial charge in [-0.2, -0.15) is 0 Å². The monoisotopic (exact) mass is 425 g/mol. The minimum Gasteiger partial charge on any atom is -0.496 e. The molecular weight excluding hydrogens is 398 g/mol. The summed E-state index contributed by atoms with van der Waals surface area (Å²) in [5.74, 6) is 0.211. The van der Waals surface area contributed by atoms with Gasteiger partial charge in [0.2, 0.25) is 5.91 Å². The highest BCUT2D eigenvalue weighted by molar-refractivity contribution is 6.11. The molecule has 0 saturated carbocycles. The second kappa shape index (κ2) is 8.67. The van der Waals surface area contributed by atoms with Gasteiger partial charge in [0.15, 0.2) is 0 Å². The summed E-state index contributed by atoms with van der Waals surface area (Å²) in [7, 11) is 3.07. The van der Waals surface area contributed by atoms with Crippen molar-refractivity contribution in [3.8, 4) is 11.5 Å². The molecule has 4 amide bonds. The number of urea groups is 1. The van der Waals surface area contributed by atoms with Gasteiger partial charge in [0.1, 0.15) is 23.1 Å². The number of hydrogen-bond acceptors (Lipinski definition) is 5. The summed E-state index contributed by atoms with van der Waals surface area (Å²) < 4.78 is 10.5. The molecule has 0 aromatic heterocycles. The van der Waals surface area contributed by atoms with E-state index in [-0.39, 0.29) is 0 Å². The van der Waals surface area contributed by atoms with E-state index in [2.05, 4.69) is 10.6 Å². The van der Waals surface area contributed by atoms with Crippen molar-refractivity contribution < 1.29 is 23.9 Å². The summed E-state index contributed by atoms with van der Waals surface area (Å²) in [6, 6.07) is 10.6. The number of nitrogens with zero attached hydrogens (tertiary/aromatic N) is 1. The molecule has 1 aliphatic heterocycles. The van der Waals surface area contributed by atoms with E-state index in [1.807, 2.05) is 19.9 Å². The number of amides is 4. The molecule has 1 saturated heterocycles. The molecule has 1 fully saturated rings. The third kappa shape index (κ3) is 3.81. The van der Waals surface area contributed by atoms with Crippen LogP contribution in [0.1, 0.15) is 31.4 Å². The summed E-state index contributed by atoms with van der Waals surface area (Å²) in [5, 5.41) is 5.55. The van der Waals surface area contributed by atoms with Gasteiger partial charge in [-0.15, -0.1) is 0 Å². The van der Waals surface area contributed by atoms with Crippen LogP contribution in [0.15, 0.2) is 42.5 Å². The first-order valence-electron chi connectivity index (χ1n) is 10.0. The van der Waals surface area contributed by atoms with Gasteiger partial charge < -0.3 is 20.1 Å². The fraction of sp³-hybridized carbons (Fsp3) is 0.348. The fourth-order valence-corrected chi connectivity index (χ4v) is 3.83. The lowest BCUT2D eigenvalue weighted by Gasteiger charge is -2.27. The molecule has 2 atom stereocenters. The minimum atomic E-state index is -1.24. The smallest absolute Gasteiger partial charge is 0.326 e. The zero-order chi connectivity index (χ0) is 22.8. The Morgan fingerprint density at radius 1 is 1.13 bits per heavy atom. The van der Waals surface area contributed by atoms with Crippen molar-refractivity contribution in [2.24, 2.45) is 0 Å². The number of ether oxygens (including phenoxy) is 2. The Morgan fingerprint density at radius 2 is 1.81 bits per heavy atom. The average molecular weight is 425 g/mol. The summed E-state index contributed by atoms with van der Waals surface area (Å²) >= 11 is 0. The number of carbonyl (C=O) groups is 3. The van der Waals surface area contributed by atoms with Crippen LogP contribution in [0.4, 0.5) is 10.5 Å². The maximum atomic E-state index is 13.5. The third-order valence-electron chi connectivity index (χ3n) is 5.67. The molecule has 3 rings (SSSR count). The summed E-state index contributed by atoms with van der Waals surface area (Å²) in [4.78, 5) is 40.1. The largest absolute Gasteiger partial charge is 0.496 e. The van der Waals surface area contributed by atoms with Gasteiger partial charge in [-0.25, -0.2) is 9.69 Å². The molecule has 2 aromatic carbocycles. The molecule has 164 valence electrons. The van der Waals surface area contributed by atoms with Gasteiger partial charge in [0, 0.05) is 0 Å². The predicted octanol–water partition coefficient (Wildman–Crippen LogP) is 3.20. The first-order valence-corrected chi connectivity index (χ1v) is 10.0. The van der Waals surface area contributed by atoms with E-state index in [1.165, 1.54) is 14.0 Å². The standard InChI is InChI=1S/C23H27N3O5/c1-6-23(16-11-12-18(30-4)14(2)13-16)21(28)26(22(29)25-23)15(3)20(27)24-17-9-7-8-10-19(17)31-5/h7-13,15H,6H2,1-5H3,(H,24,27)(H,25,29). The molecule has 0 spiro atoms. The number of aryl methyl sites for hydroxylation is 1. The maximum absolute atomic E-state index is 13.5. The van der Waals surface area contributed by atoms with E-state index in [0.29, 0.717) is 29.2 Å². The molecule has 8 nitrogen and oxygen atoms in total. The van der Waals surface area contributed by atoms with Crippen LogP contribution in [-0.2, 0) is 15.1 Å². The van der Waals surface area contributed by atoms with Gasteiger partial charge >= 0.3 is 6.03 Å². The van der Waals surface area contributed by atoms with Crippen LogP contribution < -0.4 is 20.1 Å². The van der Waals surface area contributed by atoms with Crippen LogP contribution in [-0.4, -0.2) is 43.0 Å². The molecule has 0 radical (unpaired) electrons. The fourth-order valence-electron chi connectivity index (χ4n) is 3.83. The van der Waals surface area contributed by atoms with Gasteiger partial charge in [-0.3, -0.25) is 9.59 Å². The number of benzene rings is 2. The molecule has 8 heteroatoms. The highest BCUT2D eigenvalue weighted by Gasteiger charge is 2.53. The van der Waals surface area contributed by atoms with E-state index in [1.54, 1.807) is 43.5 Å². The van der Waals surface area contributed by atoms with Gasteiger partial charge in [-0.1, -0.05) is 25.1 Å². The summed E-state index contributed by atoms with van der Waals surface area (Å²) in [6.07, 6.45) is 0.334. The normalized spacial score (nSPS) is 19.1. The second-order valence-electron chi connectivity index (χ2n) is 7.41. The number of carbonyl (C=O) groups excluding carboxylic acids is 3. The van der Waals surface area contributed by atoms with Crippen LogP contribution in [0, 0.1) is 6.92 Å². The van der Waals surface area contributed by atoms with Gasteiger partial charge in [0.25, 0.3) is 5.91 Å². The predicted molar refractivity (Wildman–Crippen MR) is 116 cm³/mol. The van der Waals surface area contributed by atoms with Crippen molar-refractivity contribution >= 4 is 23.5 Å². The number of methoxy groups -OCH3 is 2. The lowest BCUT2D eigenvalue weighted by Crippen LogP contribution is -2.48. The lowest BCUT2D eigenvalue weighted by atomic mass is 9.86. The van der Waals surface area contributed by atoms with E-state index >= 15 is 0 Å². The third-order valence-corrected chi connectivity index (χ3v) is 5.67. The number of hydrogen-bond donors (Lipinski definition) is 2. The number of para-hydroxylation sites is 2.